The molecule has 0 amide bonds. The second kappa shape index (κ2) is 12.5. The SMILES string of the molecule is CCOC1CCOC2(C1)CN(Cc1ccc3ccccc3n1)C2.O=C(O)C(F)(F)F.O=C(O)C(F)(F)F. The molecule has 1 aromatic carbocycles. The summed E-state index contributed by atoms with van der Waals surface area (Å²) in [6.07, 6.45) is -7.74. The van der Waals surface area contributed by atoms with Crippen LogP contribution in [0.1, 0.15) is 25.5 Å². The summed E-state index contributed by atoms with van der Waals surface area (Å²) in [5, 5.41) is 15.5. The number of fused-ring (bicyclic) bond motifs is 1. The number of rotatable bonds is 4. The summed E-state index contributed by atoms with van der Waals surface area (Å²) in [6.45, 7) is 6.57. The summed E-state index contributed by atoms with van der Waals surface area (Å²) in [5.74, 6) is -5.51. The number of carbonyl (C=O) groups is 2. The fourth-order valence-electron chi connectivity index (χ4n) is 3.89. The molecule has 2 saturated heterocycles. The van der Waals surface area contributed by atoms with Gasteiger partial charge in [-0.15, -0.1) is 0 Å². The molecule has 1 unspecified atom stereocenters. The van der Waals surface area contributed by atoms with Crippen molar-refractivity contribution in [1.29, 1.82) is 0 Å². The van der Waals surface area contributed by atoms with Gasteiger partial charge in [-0.3, -0.25) is 9.88 Å². The van der Waals surface area contributed by atoms with Gasteiger partial charge in [0.15, 0.2) is 0 Å². The van der Waals surface area contributed by atoms with Gasteiger partial charge < -0.3 is 19.7 Å². The first kappa shape index (κ1) is 30.3. The summed E-state index contributed by atoms with van der Waals surface area (Å²) >= 11 is 0. The van der Waals surface area contributed by atoms with E-state index in [1.807, 2.05) is 6.07 Å². The quantitative estimate of drug-likeness (QED) is 0.554. The van der Waals surface area contributed by atoms with Crippen molar-refractivity contribution < 1.29 is 55.6 Å². The van der Waals surface area contributed by atoms with E-state index < -0.39 is 24.3 Å². The lowest BCUT2D eigenvalue weighted by molar-refractivity contribution is -0.198. The number of benzene rings is 1. The molecule has 2 aliphatic rings. The van der Waals surface area contributed by atoms with Gasteiger partial charge in [-0.25, -0.2) is 9.59 Å². The number of alkyl halides is 6. The third-order valence-corrected chi connectivity index (χ3v) is 5.40. The highest BCUT2D eigenvalue weighted by molar-refractivity contribution is 5.78. The van der Waals surface area contributed by atoms with Gasteiger partial charge in [0.05, 0.1) is 22.9 Å². The fraction of sp³-hybridized carbons (Fsp3) is 0.522. The second-order valence-corrected chi connectivity index (χ2v) is 8.35. The van der Waals surface area contributed by atoms with E-state index in [4.69, 9.17) is 34.3 Å². The number of carboxylic acid groups (broad SMARTS) is 2. The molecule has 206 valence electrons. The summed E-state index contributed by atoms with van der Waals surface area (Å²) in [6, 6.07) is 12.6. The predicted molar refractivity (Wildman–Crippen MR) is 118 cm³/mol. The van der Waals surface area contributed by atoms with Crippen LogP contribution in [0.15, 0.2) is 36.4 Å². The number of hydrogen-bond donors (Lipinski definition) is 2. The van der Waals surface area contributed by atoms with Crippen LogP contribution in [0.4, 0.5) is 26.3 Å². The van der Waals surface area contributed by atoms with Crippen LogP contribution in [-0.2, 0) is 25.6 Å². The Bertz CT molecular complexity index is 1030. The molecule has 0 bridgehead atoms. The molecule has 14 heteroatoms. The molecule has 1 spiro atoms. The van der Waals surface area contributed by atoms with E-state index in [9.17, 15) is 26.3 Å². The highest BCUT2D eigenvalue weighted by Crippen LogP contribution is 2.36. The maximum absolute atomic E-state index is 10.6. The van der Waals surface area contributed by atoms with E-state index in [1.165, 1.54) is 5.39 Å². The predicted octanol–water partition coefficient (Wildman–Crippen LogP) is 4.27. The molecule has 0 radical (unpaired) electrons. The minimum atomic E-state index is -5.08. The fourth-order valence-corrected chi connectivity index (χ4v) is 3.89. The smallest absolute Gasteiger partial charge is 0.475 e. The largest absolute Gasteiger partial charge is 0.490 e. The van der Waals surface area contributed by atoms with Crippen molar-refractivity contribution in [3.8, 4) is 0 Å². The summed E-state index contributed by atoms with van der Waals surface area (Å²) in [5.41, 5.74) is 2.23. The molecule has 2 N–H and O–H groups in total. The van der Waals surface area contributed by atoms with Crippen LogP contribution in [0.25, 0.3) is 10.9 Å². The number of aromatic nitrogens is 1. The Hall–Kier alpha value is -2.97. The number of nitrogens with zero attached hydrogens (tertiary/aromatic N) is 2. The van der Waals surface area contributed by atoms with Crippen molar-refractivity contribution in [2.24, 2.45) is 0 Å². The third kappa shape index (κ3) is 9.44. The molecule has 4 rings (SSSR count). The van der Waals surface area contributed by atoms with E-state index in [0.29, 0.717) is 6.10 Å². The maximum Gasteiger partial charge on any atom is 0.490 e. The van der Waals surface area contributed by atoms with Gasteiger partial charge in [0.25, 0.3) is 0 Å². The molecule has 1 atom stereocenters. The topological polar surface area (TPSA) is 109 Å². The van der Waals surface area contributed by atoms with Gasteiger partial charge in [-0.05, 0) is 25.5 Å². The molecule has 0 saturated carbocycles. The van der Waals surface area contributed by atoms with E-state index >= 15 is 0 Å². The van der Waals surface area contributed by atoms with Gasteiger partial charge >= 0.3 is 24.3 Å². The van der Waals surface area contributed by atoms with Gasteiger partial charge in [-0.1, -0.05) is 24.3 Å². The number of halogens is 6. The number of carboxylic acids is 2. The van der Waals surface area contributed by atoms with Crippen molar-refractivity contribution in [3.63, 3.8) is 0 Å². The molecular weight excluding hydrogens is 514 g/mol. The molecule has 2 fully saturated rings. The normalized spacial score (nSPS) is 19.2. The van der Waals surface area contributed by atoms with Crippen molar-refractivity contribution in [3.05, 3.63) is 42.1 Å². The molecule has 1 aromatic heterocycles. The van der Waals surface area contributed by atoms with Crippen LogP contribution >= 0.6 is 0 Å². The van der Waals surface area contributed by atoms with Crippen molar-refractivity contribution in [2.45, 2.75) is 50.4 Å². The first-order valence-electron chi connectivity index (χ1n) is 11.1. The number of para-hydroxylation sites is 1. The van der Waals surface area contributed by atoms with Crippen LogP contribution < -0.4 is 0 Å². The summed E-state index contributed by atoms with van der Waals surface area (Å²) in [7, 11) is 0. The zero-order valence-corrected chi connectivity index (χ0v) is 19.7. The highest BCUT2D eigenvalue weighted by atomic mass is 19.4. The number of aliphatic carboxylic acids is 2. The Morgan fingerprint density at radius 3 is 2.16 bits per heavy atom. The molecule has 37 heavy (non-hydrogen) atoms. The third-order valence-electron chi connectivity index (χ3n) is 5.40. The van der Waals surface area contributed by atoms with Crippen LogP contribution in [-0.4, -0.2) is 82.4 Å². The average molecular weight is 540 g/mol. The van der Waals surface area contributed by atoms with Crippen LogP contribution in [0.2, 0.25) is 0 Å². The van der Waals surface area contributed by atoms with Gasteiger partial charge in [0.1, 0.15) is 0 Å². The standard InChI is InChI=1S/C19H24N2O2.2C2HF3O2/c1-2-22-17-9-10-23-19(11-17)13-21(14-19)12-16-8-7-15-5-3-4-6-18(15)20-16;2*3-2(4,5)1(6)7/h3-8,17H,2,9-14H2,1H3;2*(H,6,7). The minimum absolute atomic E-state index is 0.0228. The molecule has 2 aliphatic heterocycles. The lowest BCUT2D eigenvalue weighted by atomic mass is 9.84. The lowest BCUT2D eigenvalue weighted by Gasteiger charge is -2.53. The Labute approximate surface area is 207 Å². The van der Waals surface area contributed by atoms with E-state index in [1.54, 1.807) is 0 Å². The molecule has 2 aromatic rings. The molecule has 3 heterocycles. The van der Waals surface area contributed by atoms with E-state index in [2.05, 4.69) is 42.2 Å². The molecular formula is C23H26F6N2O6. The van der Waals surface area contributed by atoms with Crippen LogP contribution in [0, 0.1) is 0 Å². The number of likely N-dealkylation sites (tertiary alicyclic amines) is 1. The first-order valence-corrected chi connectivity index (χ1v) is 11.1. The molecule has 0 aliphatic carbocycles. The summed E-state index contributed by atoms with van der Waals surface area (Å²) in [4.78, 5) is 25.0. The van der Waals surface area contributed by atoms with Crippen molar-refractivity contribution in [2.75, 3.05) is 26.3 Å². The van der Waals surface area contributed by atoms with E-state index in [0.717, 1.165) is 56.9 Å². The number of ether oxygens (including phenoxy) is 2. The van der Waals surface area contributed by atoms with Gasteiger partial charge in [-0.2, -0.15) is 26.3 Å². The Morgan fingerprint density at radius 2 is 1.62 bits per heavy atom. The molecule has 8 nitrogen and oxygen atoms in total. The maximum atomic E-state index is 10.6. The Kier molecular flexibility index (Phi) is 10.2. The number of hydrogen-bond acceptors (Lipinski definition) is 6. The Balaban J connectivity index is 0.000000286. The van der Waals surface area contributed by atoms with E-state index in [-0.39, 0.29) is 5.60 Å². The zero-order valence-electron chi connectivity index (χ0n) is 19.7. The van der Waals surface area contributed by atoms with Crippen LogP contribution in [0.3, 0.4) is 0 Å². The van der Waals surface area contributed by atoms with Crippen molar-refractivity contribution in [1.82, 2.24) is 9.88 Å². The number of pyridine rings is 1. The van der Waals surface area contributed by atoms with Crippen molar-refractivity contribution >= 4 is 22.8 Å². The average Bonchev–Trinajstić information content (AvgIpc) is 2.78. The Morgan fingerprint density at radius 1 is 1.05 bits per heavy atom. The zero-order chi connectivity index (χ0) is 27.9. The first-order chi connectivity index (χ1) is 17.1. The van der Waals surface area contributed by atoms with Crippen LogP contribution in [0.5, 0.6) is 0 Å². The summed E-state index contributed by atoms with van der Waals surface area (Å²) < 4.78 is 75.4. The monoisotopic (exact) mass is 540 g/mol. The second-order valence-electron chi connectivity index (χ2n) is 8.35. The minimum Gasteiger partial charge on any atom is -0.475 e. The lowest BCUT2D eigenvalue weighted by Crippen LogP contribution is -2.65. The van der Waals surface area contributed by atoms with Gasteiger partial charge in [0, 0.05) is 44.7 Å². The highest BCUT2D eigenvalue weighted by Gasteiger charge is 2.47. The van der Waals surface area contributed by atoms with Gasteiger partial charge in [0.2, 0.25) is 0 Å².